The summed E-state index contributed by atoms with van der Waals surface area (Å²) < 4.78 is 12.8. The van der Waals surface area contributed by atoms with Crippen LogP contribution in [0.4, 0.5) is 0 Å². The van der Waals surface area contributed by atoms with Crippen LogP contribution in [0.5, 0.6) is 0 Å². The number of rotatable bonds is 5. The predicted octanol–water partition coefficient (Wildman–Crippen LogP) is 0.506. The van der Waals surface area contributed by atoms with Crippen LogP contribution in [0.25, 0.3) is 0 Å². The van der Waals surface area contributed by atoms with Crippen LogP contribution in [0.15, 0.2) is 12.4 Å². The summed E-state index contributed by atoms with van der Waals surface area (Å²) in [4.78, 5) is 16.9. The minimum absolute atomic E-state index is 0.167. The van der Waals surface area contributed by atoms with Gasteiger partial charge in [-0.2, -0.15) is 5.10 Å². The maximum absolute atomic E-state index is 12.6. The first kappa shape index (κ1) is 17.4. The van der Waals surface area contributed by atoms with Crippen LogP contribution >= 0.6 is 0 Å². The van der Waals surface area contributed by atoms with Crippen molar-refractivity contribution in [3.8, 4) is 0 Å². The Balaban J connectivity index is 1.57. The van der Waals surface area contributed by atoms with Crippen LogP contribution in [0.2, 0.25) is 0 Å². The molecule has 2 atom stereocenters. The summed E-state index contributed by atoms with van der Waals surface area (Å²) in [7, 11) is 3.69. The number of amides is 1. The first-order valence-corrected chi connectivity index (χ1v) is 8.74. The standard InChI is InChI=1S/C17H28N4O3/c1-19-11-14(10-18-19)12-20-4-3-16(23-2)15(13-20)9-17(22)21-5-7-24-8-6-21/h10-11,15-16H,3-9,12-13H2,1-2H3/t15-,16-/m1/s1. The van der Waals surface area contributed by atoms with E-state index in [4.69, 9.17) is 9.47 Å². The second kappa shape index (κ2) is 8.09. The third kappa shape index (κ3) is 4.34. The normalized spacial score (nSPS) is 25.8. The van der Waals surface area contributed by atoms with Crippen molar-refractivity contribution in [2.24, 2.45) is 13.0 Å². The second-order valence-electron chi connectivity index (χ2n) is 6.78. The van der Waals surface area contributed by atoms with E-state index in [0.29, 0.717) is 32.7 Å². The van der Waals surface area contributed by atoms with E-state index in [9.17, 15) is 4.79 Å². The van der Waals surface area contributed by atoms with Crippen molar-refractivity contribution < 1.29 is 14.3 Å². The number of ether oxygens (including phenoxy) is 2. The van der Waals surface area contributed by atoms with Gasteiger partial charge < -0.3 is 14.4 Å². The molecule has 3 heterocycles. The Morgan fingerprint density at radius 1 is 1.38 bits per heavy atom. The highest BCUT2D eigenvalue weighted by Crippen LogP contribution is 2.25. The number of carbonyl (C=O) groups is 1. The largest absolute Gasteiger partial charge is 0.381 e. The topological polar surface area (TPSA) is 59.8 Å². The van der Waals surface area contributed by atoms with Crippen LogP contribution in [0.1, 0.15) is 18.4 Å². The van der Waals surface area contributed by atoms with Gasteiger partial charge in [0.2, 0.25) is 5.91 Å². The summed E-state index contributed by atoms with van der Waals surface area (Å²) in [6.07, 6.45) is 5.66. The molecule has 0 spiro atoms. The summed E-state index contributed by atoms with van der Waals surface area (Å²) >= 11 is 0. The minimum Gasteiger partial charge on any atom is -0.381 e. The van der Waals surface area contributed by atoms with E-state index in [1.54, 1.807) is 7.11 Å². The van der Waals surface area contributed by atoms with Crippen molar-refractivity contribution in [3.05, 3.63) is 18.0 Å². The molecule has 2 aliphatic rings. The number of piperidine rings is 1. The number of hydrogen-bond donors (Lipinski definition) is 0. The van der Waals surface area contributed by atoms with Gasteiger partial charge in [0.05, 0.1) is 25.5 Å². The van der Waals surface area contributed by atoms with E-state index >= 15 is 0 Å². The molecule has 0 saturated carbocycles. The third-order valence-electron chi connectivity index (χ3n) is 5.02. The zero-order chi connectivity index (χ0) is 16.9. The van der Waals surface area contributed by atoms with E-state index in [0.717, 1.165) is 26.1 Å². The molecule has 1 aromatic heterocycles. The van der Waals surface area contributed by atoms with Crippen LogP contribution in [0, 0.1) is 5.92 Å². The predicted molar refractivity (Wildman–Crippen MR) is 89.4 cm³/mol. The number of aryl methyl sites for hydroxylation is 1. The van der Waals surface area contributed by atoms with Gasteiger partial charge >= 0.3 is 0 Å². The molecule has 0 N–H and O–H groups in total. The number of nitrogens with zero attached hydrogens (tertiary/aromatic N) is 4. The average molecular weight is 336 g/mol. The summed E-state index contributed by atoms with van der Waals surface area (Å²) in [5, 5.41) is 4.23. The lowest BCUT2D eigenvalue weighted by Gasteiger charge is -2.38. The van der Waals surface area contributed by atoms with Gasteiger partial charge in [0.1, 0.15) is 0 Å². The number of hydrogen-bond acceptors (Lipinski definition) is 5. The first-order valence-electron chi connectivity index (χ1n) is 8.74. The Labute approximate surface area is 143 Å². The van der Waals surface area contributed by atoms with E-state index in [1.807, 2.05) is 22.8 Å². The lowest BCUT2D eigenvalue weighted by molar-refractivity contribution is -0.138. The maximum Gasteiger partial charge on any atom is 0.223 e. The lowest BCUT2D eigenvalue weighted by atomic mass is 9.90. The number of carbonyl (C=O) groups excluding carboxylic acids is 1. The van der Waals surface area contributed by atoms with Crippen molar-refractivity contribution in [3.63, 3.8) is 0 Å². The van der Waals surface area contributed by atoms with E-state index < -0.39 is 0 Å². The maximum atomic E-state index is 12.6. The molecule has 2 saturated heterocycles. The molecule has 24 heavy (non-hydrogen) atoms. The molecule has 1 amide bonds. The molecule has 2 aliphatic heterocycles. The van der Waals surface area contributed by atoms with E-state index in [-0.39, 0.29) is 17.9 Å². The molecule has 0 bridgehead atoms. The van der Waals surface area contributed by atoms with Crippen LogP contribution < -0.4 is 0 Å². The summed E-state index contributed by atoms with van der Waals surface area (Å²) in [6.45, 7) is 5.49. The van der Waals surface area contributed by atoms with Crippen LogP contribution in [-0.4, -0.2) is 78.1 Å². The molecule has 0 radical (unpaired) electrons. The number of likely N-dealkylation sites (tertiary alicyclic amines) is 1. The van der Waals surface area contributed by atoms with E-state index in [1.165, 1.54) is 5.56 Å². The van der Waals surface area contributed by atoms with Crippen molar-refractivity contribution in [2.45, 2.75) is 25.5 Å². The van der Waals surface area contributed by atoms with Gasteiger partial charge in [0, 0.05) is 71.0 Å². The van der Waals surface area contributed by atoms with Gasteiger partial charge in [0.15, 0.2) is 0 Å². The fourth-order valence-electron chi connectivity index (χ4n) is 3.71. The molecule has 0 unspecified atom stereocenters. The quantitative estimate of drug-likeness (QED) is 0.784. The van der Waals surface area contributed by atoms with Crippen molar-refractivity contribution in [2.75, 3.05) is 46.5 Å². The van der Waals surface area contributed by atoms with Gasteiger partial charge in [0.25, 0.3) is 0 Å². The molecule has 1 aromatic rings. The van der Waals surface area contributed by atoms with E-state index in [2.05, 4.69) is 16.2 Å². The zero-order valence-corrected chi connectivity index (χ0v) is 14.7. The average Bonchev–Trinajstić information content (AvgIpc) is 3.01. The fraction of sp³-hybridized carbons (Fsp3) is 0.765. The highest BCUT2D eigenvalue weighted by Gasteiger charge is 2.32. The molecule has 7 nitrogen and oxygen atoms in total. The Kier molecular flexibility index (Phi) is 5.86. The zero-order valence-electron chi connectivity index (χ0n) is 14.7. The number of methoxy groups -OCH3 is 1. The fourth-order valence-corrected chi connectivity index (χ4v) is 3.71. The summed E-state index contributed by atoms with van der Waals surface area (Å²) in [6, 6.07) is 0. The number of aromatic nitrogens is 2. The molecular formula is C17H28N4O3. The van der Waals surface area contributed by atoms with Crippen molar-refractivity contribution in [1.29, 1.82) is 0 Å². The molecule has 134 valence electrons. The second-order valence-corrected chi connectivity index (χ2v) is 6.78. The van der Waals surface area contributed by atoms with Gasteiger partial charge in [-0.05, 0) is 6.42 Å². The molecule has 0 aliphatic carbocycles. The SMILES string of the molecule is CO[C@@H]1CCN(Cc2cnn(C)c2)C[C@H]1CC(=O)N1CCOCC1. The Bertz CT molecular complexity index is 542. The Hall–Kier alpha value is -1.44. The monoisotopic (exact) mass is 336 g/mol. The van der Waals surface area contributed by atoms with Crippen LogP contribution in [-0.2, 0) is 27.9 Å². The Morgan fingerprint density at radius 3 is 2.83 bits per heavy atom. The van der Waals surface area contributed by atoms with Gasteiger partial charge in [-0.3, -0.25) is 14.4 Å². The molecule has 2 fully saturated rings. The van der Waals surface area contributed by atoms with Gasteiger partial charge in [-0.15, -0.1) is 0 Å². The van der Waals surface area contributed by atoms with Crippen molar-refractivity contribution >= 4 is 5.91 Å². The lowest BCUT2D eigenvalue weighted by Crippen LogP contribution is -2.47. The van der Waals surface area contributed by atoms with Crippen LogP contribution in [0.3, 0.4) is 0 Å². The molecule has 0 aromatic carbocycles. The highest BCUT2D eigenvalue weighted by atomic mass is 16.5. The summed E-state index contributed by atoms with van der Waals surface area (Å²) in [5.41, 5.74) is 1.21. The third-order valence-corrected chi connectivity index (χ3v) is 5.02. The minimum atomic E-state index is 0.167. The smallest absolute Gasteiger partial charge is 0.223 e. The highest BCUT2D eigenvalue weighted by molar-refractivity contribution is 5.76. The molecule has 3 rings (SSSR count). The van der Waals surface area contributed by atoms with Gasteiger partial charge in [-0.1, -0.05) is 0 Å². The molecular weight excluding hydrogens is 308 g/mol. The number of morpholine rings is 1. The summed E-state index contributed by atoms with van der Waals surface area (Å²) in [5.74, 6) is 0.476. The Morgan fingerprint density at radius 2 is 2.17 bits per heavy atom. The van der Waals surface area contributed by atoms with Gasteiger partial charge in [-0.25, -0.2) is 0 Å². The first-order chi connectivity index (χ1) is 11.7. The molecule has 7 heteroatoms. The van der Waals surface area contributed by atoms with Crippen molar-refractivity contribution in [1.82, 2.24) is 19.6 Å².